The van der Waals surface area contributed by atoms with Crippen LogP contribution in [0.5, 0.6) is 0 Å². The highest BCUT2D eigenvalue weighted by atomic mass is 35.5. The number of carbonyl (C=O) groups is 2. The van der Waals surface area contributed by atoms with Crippen LogP contribution in [0, 0.1) is 0 Å². The number of carboxylic acids is 1. The zero-order chi connectivity index (χ0) is 21.7. The van der Waals surface area contributed by atoms with Crippen molar-refractivity contribution in [2.45, 2.75) is 24.5 Å². The Morgan fingerprint density at radius 2 is 2.10 bits per heavy atom. The Bertz CT molecular complexity index is 913. The van der Waals surface area contributed by atoms with Gasteiger partial charge in [0.25, 0.3) is 0 Å². The largest absolute Gasteiger partial charge is 0.477 e. The van der Waals surface area contributed by atoms with E-state index in [0.29, 0.717) is 41.2 Å². The minimum atomic E-state index is -1.09. The van der Waals surface area contributed by atoms with Gasteiger partial charge in [-0.25, -0.2) is 9.78 Å². The standard InChI is InChI=1S/C20H21Cl2N3O4S/c1-13(26)25(30-16-3-5-19(20(27)28)23-9-16)12-15-11-24(6-7-29-15)10-14-2-4-17(21)18(22)8-14/h2-5,8-9,15H,6-7,10-12H2,1H3,(H,27,28)/t15-/m0/s1. The molecule has 0 aliphatic carbocycles. The lowest BCUT2D eigenvalue weighted by molar-refractivity contribution is -0.126. The van der Waals surface area contributed by atoms with Crippen LogP contribution < -0.4 is 0 Å². The van der Waals surface area contributed by atoms with Gasteiger partial charge in [-0.15, -0.1) is 0 Å². The van der Waals surface area contributed by atoms with Crippen molar-refractivity contribution in [2.24, 2.45) is 0 Å². The van der Waals surface area contributed by atoms with Gasteiger partial charge in [0.05, 0.1) is 29.3 Å². The van der Waals surface area contributed by atoms with Gasteiger partial charge in [0.2, 0.25) is 5.91 Å². The molecule has 1 atom stereocenters. The predicted octanol–water partition coefficient (Wildman–Crippen LogP) is 3.84. The van der Waals surface area contributed by atoms with Crippen LogP contribution in [0.1, 0.15) is 23.0 Å². The molecule has 1 aromatic carbocycles. The van der Waals surface area contributed by atoms with Crippen molar-refractivity contribution < 1.29 is 19.4 Å². The van der Waals surface area contributed by atoms with Crippen LogP contribution in [0.25, 0.3) is 0 Å². The Morgan fingerprint density at radius 1 is 1.30 bits per heavy atom. The van der Waals surface area contributed by atoms with Crippen molar-refractivity contribution >= 4 is 47.0 Å². The third-order valence-electron chi connectivity index (χ3n) is 4.50. The topological polar surface area (TPSA) is 83.0 Å². The number of halogens is 2. The van der Waals surface area contributed by atoms with Gasteiger partial charge in [-0.3, -0.25) is 14.0 Å². The number of benzene rings is 1. The van der Waals surface area contributed by atoms with Crippen LogP contribution >= 0.6 is 35.1 Å². The molecule has 1 aromatic heterocycles. The number of aromatic nitrogens is 1. The first-order valence-electron chi connectivity index (χ1n) is 9.25. The smallest absolute Gasteiger partial charge is 0.354 e. The van der Waals surface area contributed by atoms with E-state index in [2.05, 4.69) is 9.88 Å². The Morgan fingerprint density at radius 3 is 2.73 bits per heavy atom. The molecule has 0 bridgehead atoms. The average molecular weight is 470 g/mol. The molecule has 10 heteroatoms. The fraction of sp³-hybridized carbons (Fsp3) is 0.350. The zero-order valence-corrected chi connectivity index (χ0v) is 18.6. The molecule has 0 spiro atoms. The molecule has 0 saturated carbocycles. The van der Waals surface area contributed by atoms with Gasteiger partial charge in [0.15, 0.2) is 0 Å². The van der Waals surface area contributed by atoms with Crippen LogP contribution in [0.2, 0.25) is 10.0 Å². The number of hydrogen-bond acceptors (Lipinski definition) is 6. The second-order valence-corrected chi connectivity index (χ2v) is 8.74. The highest BCUT2D eigenvalue weighted by molar-refractivity contribution is 7.97. The van der Waals surface area contributed by atoms with Crippen molar-refractivity contribution in [3.8, 4) is 0 Å². The summed E-state index contributed by atoms with van der Waals surface area (Å²) in [6.07, 6.45) is 1.30. The summed E-state index contributed by atoms with van der Waals surface area (Å²) < 4.78 is 7.47. The quantitative estimate of drug-likeness (QED) is 0.616. The number of rotatable bonds is 7. The zero-order valence-electron chi connectivity index (χ0n) is 16.3. The predicted molar refractivity (Wildman–Crippen MR) is 116 cm³/mol. The fourth-order valence-corrected chi connectivity index (χ4v) is 4.21. The normalized spacial score (nSPS) is 17.0. The number of hydrogen-bond donors (Lipinski definition) is 1. The van der Waals surface area contributed by atoms with Gasteiger partial charge >= 0.3 is 5.97 Å². The van der Waals surface area contributed by atoms with E-state index in [4.69, 9.17) is 33.0 Å². The lowest BCUT2D eigenvalue weighted by Crippen LogP contribution is -2.46. The van der Waals surface area contributed by atoms with Gasteiger partial charge in [-0.1, -0.05) is 29.3 Å². The van der Waals surface area contributed by atoms with Gasteiger partial charge in [-0.2, -0.15) is 0 Å². The van der Waals surface area contributed by atoms with E-state index in [1.165, 1.54) is 31.1 Å². The third kappa shape index (κ3) is 6.33. The summed E-state index contributed by atoms with van der Waals surface area (Å²) in [5, 5.41) is 10.0. The van der Waals surface area contributed by atoms with Gasteiger partial charge in [0.1, 0.15) is 5.69 Å². The van der Waals surface area contributed by atoms with Crippen molar-refractivity contribution in [1.82, 2.24) is 14.2 Å². The number of amides is 1. The van der Waals surface area contributed by atoms with Crippen molar-refractivity contribution in [2.75, 3.05) is 26.2 Å². The number of pyridine rings is 1. The van der Waals surface area contributed by atoms with E-state index < -0.39 is 5.97 Å². The summed E-state index contributed by atoms with van der Waals surface area (Å²) in [5.74, 6) is -1.21. The summed E-state index contributed by atoms with van der Waals surface area (Å²) in [6.45, 7) is 4.62. The first kappa shape index (κ1) is 22.8. The monoisotopic (exact) mass is 469 g/mol. The SMILES string of the molecule is CC(=O)N(C[C@@H]1CN(Cc2ccc(Cl)c(Cl)c2)CCO1)Sc1ccc(C(=O)O)nc1. The van der Waals surface area contributed by atoms with E-state index in [0.717, 1.165) is 12.1 Å². The average Bonchev–Trinajstić information content (AvgIpc) is 2.71. The molecule has 7 nitrogen and oxygen atoms in total. The maximum absolute atomic E-state index is 12.1. The maximum Gasteiger partial charge on any atom is 0.354 e. The molecule has 1 saturated heterocycles. The van der Waals surface area contributed by atoms with Crippen molar-refractivity contribution in [1.29, 1.82) is 0 Å². The van der Waals surface area contributed by atoms with Crippen molar-refractivity contribution in [3.63, 3.8) is 0 Å². The lowest BCUT2D eigenvalue weighted by atomic mass is 10.2. The highest BCUT2D eigenvalue weighted by Crippen LogP contribution is 2.25. The van der Waals surface area contributed by atoms with Crippen LogP contribution in [-0.4, -0.2) is 63.5 Å². The van der Waals surface area contributed by atoms with Crippen LogP contribution in [0.3, 0.4) is 0 Å². The number of morpholine rings is 1. The molecule has 1 aliphatic rings. The Hall–Kier alpha value is -1.84. The molecule has 1 N–H and O–H groups in total. The van der Waals surface area contributed by atoms with Gasteiger partial charge < -0.3 is 9.84 Å². The molecule has 0 unspecified atom stereocenters. The number of ether oxygens (including phenoxy) is 1. The van der Waals surface area contributed by atoms with Gasteiger partial charge in [-0.05, 0) is 41.8 Å². The summed E-state index contributed by atoms with van der Waals surface area (Å²) in [6, 6.07) is 8.65. The fourth-order valence-electron chi connectivity index (χ4n) is 3.03. The highest BCUT2D eigenvalue weighted by Gasteiger charge is 2.25. The molecule has 1 amide bonds. The molecule has 1 aliphatic heterocycles. The molecule has 1 fully saturated rings. The van der Waals surface area contributed by atoms with Crippen molar-refractivity contribution in [3.05, 3.63) is 57.8 Å². The summed E-state index contributed by atoms with van der Waals surface area (Å²) in [7, 11) is 0. The molecule has 3 rings (SSSR count). The number of carboxylic acid groups (broad SMARTS) is 1. The van der Waals surface area contributed by atoms with Crippen LogP contribution in [-0.2, 0) is 16.1 Å². The van der Waals surface area contributed by atoms with E-state index in [1.807, 2.05) is 12.1 Å². The second-order valence-electron chi connectivity index (χ2n) is 6.83. The van der Waals surface area contributed by atoms with Crippen LogP contribution in [0.4, 0.5) is 0 Å². The minimum Gasteiger partial charge on any atom is -0.477 e. The van der Waals surface area contributed by atoms with E-state index in [-0.39, 0.29) is 17.7 Å². The molecule has 30 heavy (non-hydrogen) atoms. The second kappa shape index (κ2) is 10.5. The third-order valence-corrected chi connectivity index (χ3v) is 6.32. The molecular formula is C20H21Cl2N3O4S. The van der Waals surface area contributed by atoms with Crippen LogP contribution in [0.15, 0.2) is 41.4 Å². The summed E-state index contributed by atoms with van der Waals surface area (Å²) in [4.78, 5) is 29.9. The first-order valence-corrected chi connectivity index (χ1v) is 10.8. The molecule has 2 heterocycles. The molecule has 160 valence electrons. The van der Waals surface area contributed by atoms with E-state index in [1.54, 1.807) is 16.4 Å². The Kier molecular flexibility index (Phi) is 7.96. The first-order chi connectivity index (χ1) is 14.3. The number of carbonyl (C=O) groups excluding carboxylic acids is 1. The van der Waals surface area contributed by atoms with Gasteiger partial charge in [0, 0.05) is 37.7 Å². The Balaban J connectivity index is 1.59. The number of aromatic carboxylic acids is 1. The maximum atomic E-state index is 12.1. The lowest BCUT2D eigenvalue weighted by Gasteiger charge is -2.35. The number of nitrogens with zero attached hydrogens (tertiary/aromatic N) is 3. The van der Waals surface area contributed by atoms with E-state index >= 15 is 0 Å². The summed E-state index contributed by atoms with van der Waals surface area (Å²) >= 11 is 13.3. The van der Waals surface area contributed by atoms with E-state index in [9.17, 15) is 9.59 Å². The molecule has 0 radical (unpaired) electrons. The summed E-state index contributed by atoms with van der Waals surface area (Å²) in [5.41, 5.74) is 1.02. The Labute approximate surface area is 189 Å². The minimum absolute atomic E-state index is 0.0396. The molecular weight excluding hydrogens is 449 g/mol. The molecule has 2 aromatic rings.